The van der Waals surface area contributed by atoms with Gasteiger partial charge in [0.1, 0.15) is 5.75 Å². The molecule has 0 spiro atoms. The summed E-state index contributed by atoms with van der Waals surface area (Å²) in [6.07, 6.45) is 1.63. The fourth-order valence-corrected chi connectivity index (χ4v) is 3.27. The molecular weight excluding hydrogens is 390 g/mol. The number of amides is 1. The molecule has 0 bridgehead atoms. The number of aliphatic imine (C=N–C) groups is 1. The molecule has 156 valence electrons. The van der Waals surface area contributed by atoms with E-state index in [9.17, 15) is 13.6 Å². The summed E-state index contributed by atoms with van der Waals surface area (Å²) in [4.78, 5) is 18.1. The molecule has 1 saturated heterocycles. The van der Waals surface area contributed by atoms with Crippen molar-refractivity contribution in [1.29, 1.82) is 0 Å². The van der Waals surface area contributed by atoms with Crippen LogP contribution in [-0.2, 0) is 11.3 Å². The van der Waals surface area contributed by atoms with Crippen LogP contribution in [-0.4, -0.2) is 49.6 Å². The Morgan fingerprint density at radius 3 is 2.61 bits per heavy atom. The molecule has 1 heterocycles. The average Bonchev–Trinajstić information content (AvgIpc) is 2.66. The predicted molar refractivity (Wildman–Crippen MR) is 106 cm³/mol. The highest BCUT2D eigenvalue weighted by atomic mass is 35.5. The van der Waals surface area contributed by atoms with E-state index < -0.39 is 6.61 Å². The Labute approximate surface area is 169 Å². The van der Waals surface area contributed by atoms with Crippen LogP contribution in [0.5, 0.6) is 5.75 Å². The summed E-state index contributed by atoms with van der Waals surface area (Å²) in [5, 5.41) is 6.85. The molecule has 2 N–H and O–H groups in total. The first-order valence-corrected chi connectivity index (χ1v) is 9.67. The molecular formula is C19H27ClF2N4O2. The minimum atomic E-state index is -2.91. The van der Waals surface area contributed by atoms with Crippen LogP contribution in [0.15, 0.2) is 23.2 Å². The number of alkyl halides is 2. The molecule has 1 fully saturated rings. The van der Waals surface area contributed by atoms with E-state index in [0.29, 0.717) is 29.6 Å². The van der Waals surface area contributed by atoms with Gasteiger partial charge in [0.15, 0.2) is 5.96 Å². The first-order valence-electron chi connectivity index (χ1n) is 9.29. The zero-order valence-electron chi connectivity index (χ0n) is 16.3. The molecule has 6 nitrogen and oxygen atoms in total. The molecule has 1 aromatic carbocycles. The van der Waals surface area contributed by atoms with Crippen LogP contribution in [0.4, 0.5) is 8.78 Å². The van der Waals surface area contributed by atoms with Gasteiger partial charge in [-0.15, -0.1) is 0 Å². The van der Waals surface area contributed by atoms with Gasteiger partial charge in [0.05, 0.1) is 0 Å². The summed E-state index contributed by atoms with van der Waals surface area (Å²) < 4.78 is 29.7. The van der Waals surface area contributed by atoms with E-state index in [2.05, 4.69) is 20.4 Å². The zero-order valence-corrected chi connectivity index (χ0v) is 17.1. The Morgan fingerprint density at radius 2 is 2.04 bits per heavy atom. The van der Waals surface area contributed by atoms with Gasteiger partial charge in [-0.05, 0) is 31.0 Å². The number of ether oxygens (including phenoxy) is 1. The van der Waals surface area contributed by atoms with Gasteiger partial charge in [0.25, 0.3) is 0 Å². The van der Waals surface area contributed by atoms with Gasteiger partial charge in [-0.1, -0.05) is 25.4 Å². The van der Waals surface area contributed by atoms with Gasteiger partial charge >= 0.3 is 6.61 Å². The molecule has 0 unspecified atom stereocenters. The number of carbonyl (C=O) groups is 1. The normalized spacial score (nSPS) is 15.9. The van der Waals surface area contributed by atoms with Crippen molar-refractivity contribution in [1.82, 2.24) is 15.5 Å². The smallest absolute Gasteiger partial charge is 0.387 e. The second kappa shape index (κ2) is 10.5. The minimum absolute atomic E-state index is 0.00120. The first-order chi connectivity index (χ1) is 13.3. The van der Waals surface area contributed by atoms with Gasteiger partial charge in [0, 0.05) is 49.2 Å². The Morgan fingerprint density at radius 1 is 1.36 bits per heavy atom. The van der Waals surface area contributed by atoms with Crippen molar-refractivity contribution in [2.24, 2.45) is 10.9 Å². The highest BCUT2D eigenvalue weighted by Gasteiger charge is 2.24. The standard InChI is InChI=1S/C19H27ClF2N4O2/c1-12(2)17(27)26-8-6-15(7-9-26)25-19(23-3)24-11-13-10-14(20)4-5-16(13)28-18(21)22/h4-5,10,12,15,18H,6-9,11H2,1-3H3,(H2,23,24,25). The number of carbonyl (C=O) groups excluding carboxylic acids is 1. The topological polar surface area (TPSA) is 66.0 Å². The van der Waals surface area contributed by atoms with Gasteiger partial charge in [-0.3, -0.25) is 9.79 Å². The van der Waals surface area contributed by atoms with Crippen LogP contribution in [0.2, 0.25) is 5.02 Å². The number of likely N-dealkylation sites (tertiary alicyclic amines) is 1. The molecule has 28 heavy (non-hydrogen) atoms. The summed E-state index contributed by atoms with van der Waals surface area (Å²) >= 11 is 5.97. The van der Waals surface area contributed by atoms with Gasteiger partial charge in [-0.2, -0.15) is 8.78 Å². The van der Waals surface area contributed by atoms with Gasteiger partial charge < -0.3 is 20.3 Å². The van der Waals surface area contributed by atoms with Gasteiger partial charge in [-0.25, -0.2) is 0 Å². The number of nitrogens with zero attached hydrogens (tertiary/aromatic N) is 2. The van der Waals surface area contributed by atoms with Crippen LogP contribution >= 0.6 is 11.6 Å². The third kappa shape index (κ3) is 6.51. The first kappa shape index (κ1) is 22.2. The lowest BCUT2D eigenvalue weighted by molar-refractivity contribution is -0.135. The van der Waals surface area contributed by atoms with E-state index in [-0.39, 0.29) is 30.2 Å². The van der Waals surface area contributed by atoms with Crippen molar-refractivity contribution in [3.63, 3.8) is 0 Å². The maximum atomic E-state index is 12.6. The van der Waals surface area contributed by atoms with E-state index in [1.165, 1.54) is 12.1 Å². The maximum absolute atomic E-state index is 12.6. The van der Waals surface area contributed by atoms with Crippen molar-refractivity contribution in [2.75, 3.05) is 20.1 Å². The molecule has 0 aliphatic carbocycles. The van der Waals surface area contributed by atoms with Crippen LogP contribution < -0.4 is 15.4 Å². The largest absolute Gasteiger partial charge is 0.434 e. The van der Waals surface area contributed by atoms with Crippen LogP contribution in [0, 0.1) is 5.92 Å². The van der Waals surface area contributed by atoms with Crippen molar-refractivity contribution in [2.45, 2.75) is 45.9 Å². The Bertz CT molecular complexity index is 693. The van der Waals surface area contributed by atoms with E-state index in [1.807, 2.05) is 18.7 Å². The number of rotatable bonds is 6. The van der Waals surface area contributed by atoms with E-state index >= 15 is 0 Å². The monoisotopic (exact) mass is 416 g/mol. The third-order valence-corrected chi connectivity index (χ3v) is 4.78. The van der Waals surface area contributed by atoms with Gasteiger partial charge in [0.2, 0.25) is 5.91 Å². The highest BCUT2D eigenvalue weighted by molar-refractivity contribution is 6.30. The van der Waals surface area contributed by atoms with Crippen molar-refractivity contribution >= 4 is 23.5 Å². The molecule has 0 saturated carbocycles. The number of halogens is 3. The lowest BCUT2D eigenvalue weighted by atomic mass is 10.0. The Hall–Kier alpha value is -2.09. The molecule has 1 aliphatic heterocycles. The molecule has 9 heteroatoms. The summed E-state index contributed by atoms with van der Waals surface area (Å²) in [7, 11) is 1.64. The summed E-state index contributed by atoms with van der Waals surface area (Å²) in [5.74, 6) is 0.800. The number of nitrogens with one attached hydrogen (secondary N) is 2. The van der Waals surface area contributed by atoms with Crippen molar-refractivity contribution < 1.29 is 18.3 Å². The Balaban J connectivity index is 1.89. The Kier molecular flexibility index (Phi) is 8.29. The number of hydrogen-bond acceptors (Lipinski definition) is 3. The molecule has 1 amide bonds. The minimum Gasteiger partial charge on any atom is -0.434 e. The van der Waals surface area contributed by atoms with Crippen LogP contribution in [0.3, 0.4) is 0 Å². The van der Waals surface area contributed by atoms with E-state index in [4.69, 9.17) is 11.6 Å². The number of piperidine rings is 1. The quantitative estimate of drug-likeness (QED) is 0.552. The molecule has 0 atom stereocenters. The second-order valence-electron chi connectivity index (χ2n) is 6.95. The summed E-state index contributed by atoms with van der Waals surface area (Å²) in [6.45, 7) is 2.53. The fraction of sp³-hybridized carbons (Fsp3) is 0.579. The maximum Gasteiger partial charge on any atom is 0.387 e. The summed E-state index contributed by atoms with van der Waals surface area (Å²) in [5.41, 5.74) is 0.507. The predicted octanol–water partition coefficient (Wildman–Crippen LogP) is 3.25. The lowest BCUT2D eigenvalue weighted by Gasteiger charge is -2.34. The average molecular weight is 417 g/mol. The summed E-state index contributed by atoms with van der Waals surface area (Å²) in [6, 6.07) is 4.68. The zero-order chi connectivity index (χ0) is 20.7. The van der Waals surface area contributed by atoms with E-state index in [0.717, 1.165) is 12.8 Å². The van der Waals surface area contributed by atoms with Crippen LogP contribution in [0.25, 0.3) is 0 Å². The second-order valence-corrected chi connectivity index (χ2v) is 7.39. The van der Waals surface area contributed by atoms with Crippen molar-refractivity contribution in [3.05, 3.63) is 28.8 Å². The van der Waals surface area contributed by atoms with E-state index in [1.54, 1.807) is 13.1 Å². The number of hydrogen-bond donors (Lipinski definition) is 2. The highest BCUT2D eigenvalue weighted by Crippen LogP contribution is 2.24. The molecule has 2 rings (SSSR count). The molecule has 0 aromatic heterocycles. The molecule has 0 radical (unpaired) electrons. The van der Waals surface area contributed by atoms with Crippen LogP contribution in [0.1, 0.15) is 32.3 Å². The van der Waals surface area contributed by atoms with Crippen molar-refractivity contribution in [3.8, 4) is 5.75 Å². The third-order valence-electron chi connectivity index (χ3n) is 4.55. The molecule has 1 aliphatic rings. The lowest BCUT2D eigenvalue weighted by Crippen LogP contribution is -2.50. The number of benzene rings is 1. The molecule has 1 aromatic rings. The number of guanidine groups is 1. The fourth-order valence-electron chi connectivity index (χ4n) is 3.07. The SMILES string of the molecule is CN=C(NCc1cc(Cl)ccc1OC(F)F)NC1CCN(C(=O)C(C)C)CC1.